The van der Waals surface area contributed by atoms with Gasteiger partial charge < -0.3 is 20.4 Å². The van der Waals surface area contributed by atoms with Gasteiger partial charge in [0, 0.05) is 29.4 Å². The lowest BCUT2D eigenvalue weighted by molar-refractivity contribution is 0.0527. The Balaban J connectivity index is 1.79. The fourth-order valence-corrected chi connectivity index (χ4v) is 3.83. The molecule has 0 spiro atoms. The van der Waals surface area contributed by atoms with Crippen molar-refractivity contribution in [3.05, 3.63) is 28.5 Å². The molecular weight excluding hydrogens is 446 g/mol. The number of carbonyl (C=O) groups is 1. The second-order valence-electron chi connectivity index (χ2n) is 8.42. The zero-order valence-corrected chi connectivity index (χ0v) is 19.7. The number of nitrogens with zero attached hydrogens (tertiary/aromatic N) is 3. The van der Waals surface area contributed by atoms with Crippen LogP contribution in [0.5, 0.6) is 0 Å². The average Bonchev–Trinajstić information content (AvgIpc) is 2.99. The number of aryl methyl sites for hydroxylation is 2. The maximum Gasteiger partial charge on any atom is 0.407 e. The van der Waals surface area contributed by atoms with Crippen LogP contribution in [0.3, 0.4) is 0 Å². The minimum absolute atomic E-state index is 0.377. The number of nitrogen functional groups attached to an aromatic ring is 1. The Morgan fingerprint density at radius 1 is 1.27 bits per heavy atom. The highest BCUT2D eigenvalue weighted by Gasteiger charge is 2.18. The van der Waals surface area contributed by atoms with Crippen LogP contribution in [0.15, 0.2) is 22.7 Å². The van der Waals surface area contributed by atoms with E-state index in [0.29, 0.717) is 12.4 Å². The van der Waals surface area contributed by atoms with Gasteiger partial charge in [-0.2, -0.15) is 0 Å². The van der Waals surface area contributed by atoms with Crippen molar-refractivity contribution < 1.29 is 9.53 Å². The second kappa shape index (κ2) is 9.20. The zero-order valence-electron chi connectivity index (χ0n) is 18.1. The zero-order chi connectivity index (χ0) is 21.9. The third-order valence-electron chi connectivity index (χ3n) is 4.70. The molecule has 0 fully saturated rings. The lowest BCUT2D eigenvalue weighted by Gasteiger charge is -2.19. The maximum atomic E-state index is 11.8. The normalized spacial score (nSPS) is 11.9. The Bertz CT molecular complexity index is 1060. The van der Waals surface area contributed by atoms with Gasteiger partial charge in [0.1, 0.15) is 16.9 Å². The Hall–Kier alpha value is -2.35. The topological polar surface area (TPSA) is 95.1 Å². The van der Waals surface area contributed by atoms with Crippen LogP contribution in [0.1, 0.15) is 52.8 Å². The summed E-state index contributed by atoms with van der Waals surface area (Å²) in [7, 11) is 0. The van der Waals surface area contributed by atoms with Crippen molar-refractivity contribution in [3.8, 4) is 0 Å². The largest absolute Gasteiger partial charge is 0.444 e. The minimum atomic E-state index is -0.487. The molecule has 0 aliphatic carbocycles. The number of rotatable bonds is 7. The summed E-state index contributed by atoms with van der Waals surface area (Å²) in [6.45, 7) is 9.09. The molecule has 1 amide bonds. The summed E-state index contributed by atoms with van der Waals surface area (Å²) in [6.07, 6.45) is 3.24. The van der Waals surface area contributed by atoms with E-state index >= 15 is 0 Å². The minimum Gasteiger partial charge on any atom is -0.444 e. The van der Waals surface area contributed by atoms with Crippen LogP contribution in [0.2, 0.25) is 0 Å². The van der Waals surface area contributed by atoms with Gasteiger partial charge in [-0.25, -0.2) is 14.8 Å². The SMILES string of the molecule is CCCc1nc2c(N)nc3cc(Br)ccc3c2n1CCCCNC(=O)OC(C)(C)C. The number of carbonyl (C=O) groups excluding carboxylic acids is 1. The molecular formula is C22H30BrN5O2. The van der Waals surface area contributed by atoms with Gasteiger partial charge in [-0.05, 0) is 58.2 Å². The second-order valence-corrected chi connectivity index (χ2v) is 9.34. The number of nitrogens with one attached hydrogen (secondary N) is 1. The van der Waals surface area contributed by atoms with Crippen molar-refractivity contribution in [2.45, 2.75) is 65.5 Å². The molecule has 7 nitrogen and oxygen atoms in total. The number of alkyl carbamates (subject to hydrolysis) is 1. The number of unbranched alkanes of at least 4 members (excludes halogenated alkanes) is 1. The van der Waals surface area contributed by atoms with Crippen LogP contribution >= 0.6 is 15.9 Å². The van der Waals surface area contributed by atoms with E-state index in [0.717, 1.165) is 64.5 Å². The number of hydrogen-bond acceptors (Lipinski definition) is 5. The van der Waals surface area contributed by atoms with Gasteiger partial charge in [0.25, 0.3) is 0 Å². The quantitative estimate of drug-likeness (QED) is 0.458. The lowest BCUT2D eigenvalue weighted by Crippen LogP contribution is -2.33. The summed E-state index contributed by atoms with van der Waals surface area (Å²) < 4.78 is 8.51. The Morgan fingerprint density at radius 2 is 2.03 bits per heavy atom. The first-order chi connectivity index (χ1) is 14.2. The monoisotopic (exact) mass is 475 g/mol. The molecule has 0 saturated heterocycles. The number of anilines is 1. The van der Waals surface area contributed by atoms with Crippen molar-refractivity contribution in [1.82, 2.24) is 19.9 Å². The summed E-state index contributed by atoms with van der Waals surface area (Å²) >= 11 is 3.51. The first kappa shape index (κ1) is 22.3. The van der Waals surface area contributed by atoms with E-state index in [9.17, 15) is 4.79 Å². The van der Waals surface area contributed by atoms with Gasteiger partial charge in [-0.1, -0.05) is 22.9 Å². The number of halogens is 1. The first-order valence-electron chi connectivity index (χ1n) is 10.4. The fraction of sp³-hybridized carbons (Fsp3) is 0.500. The Kier molecular flexibility index (Phi) is 6.85. The van der Waals surface area contributed by atoms with Gasteiger partial charge in [0.15, 0.2) is 5.82 Å². The van der Waals surface area contributed by atoms with Gasteiger partial charge in [0.2, 0.25) is 0 Å². The highest BCUT2D eigenvalue weighted by molar-refractivity contribution is 9.10. The molecule has 0 saturated carbocycles. The van der Waals surface area contributed by atoms with E-state index in [1.165, 1.54) is 0 Å². The van der Waals surface area contributed by atoms with Gasteiger partial charge in [-0.15, -0.1) is 0 Å². The Labute approximate surface area is 185 Å². The predicted molar refractivity (Wildman–Crippen MR) is 125 cm³/mol. The van der Waals surface area contributed by atoms with E-state index in [1.807, 2.05) is 32.9 Å². The number of ether oxygens (including phenoxy) is 1. The van der Waals surface area contributed by atoms with Gasteiger partial charge in [0.05, 0.1) is 11.0 Å². The molecule has 2 heterocycles. The lowest BCUT2D eigenvalue weighted by atomic mass is 10.2. The number of pyridine rings is 1. The van der Waals surface area contributed by atoms with E-state index in [2.05, 4.69) is 43.8 Å². The Morgan fingerprint density at radius 3 is 2.73 bits per heavy atom. The summed E-state index contributed by atoms with van der Waals surface area (Å²) in [4.78, 5) is 21.2. The number of fused-ring (bicyclic) bond motifs is 3. The standard InChI is InChI=1S/C22H30BrN5O2/c1-5-8-17-27-18-19(15-10-9-14(23)13-16(15)26-20(18)24)28(17)12-7-6-11-25-21(29)30-22(2,3)4/h9-10,13H,5-8,11-12H2,1-4H3,(H2,24,26)(H,25,29). The molecule has 0 unspecified atom stereocenters. The summed E-state index contributed by atoms with van der Waals surface area (Å²) in [5.74, 6) is 1.48. The molecule has 3 N–H and O–H groups in total. The van der Waals surface area contributed by atoms with Crippen LogP contribution < -0.4 is 11.1 Å². The number of imidazole rings is 1. The molecule has 0 aliphatic rings. The maximum absolute atomic E-state index is 11.8. The van der Waals surface area contributed by atoms with Gasteiger partial charge >= 0.3 is 6.09 Å². The number of nitrogens with two attached hydrogens (primary N) is 1. The van der Waals surface area contributed by atoms with Crippen molar-refractivity contribution in [2.75, 3.05) is 12.3 Å². The molecule has 0 bridgehead atoms. The third-order valence-corrected chi connectivity index (χ3v) is 5.19. The van der Waals surface area contributed by atoms with Crippen LogP contribution in [-0.2, 0) is 17.7 Å². The third kappa shape index (κ3) is 5.22. The average molecular weight is 476 g/mol. The summed E-state index contributed by atoms with van der Waals surface area (Å²) in [6, 6.07) is 6.06. The highest BCUT2D eigenvalue weighted by Crippen LogP contribution is 2.31. The molecule has 0 radical (unpaired) electrons. The van der Waals surface area contributed by atoms with Crippen LogP contribution in [-0.4, -0.2) is 32.8 Å². The van der Waals surface area contributed by atoms with Crippen molar-refractivity contribution in [2.24, 2.45) is 0 Å². The molecule has 3 aromatic rings. The van der Waals surface area contributed by atoms with E-state index in [1.54, 1.807) is 0 Å². The van der Waals surface area contributed by atoms with Gasteiger partial charge in [-0.3, -0.25) is 0 Å². The van der Waals surface area contributed by atoms with Crippen molar-refractivity contribution in [3.63, 3.8) is 0 Å². The van der Waals surface area contributed by atoms with Crippen LogP contribution in [0.4, 0.5) is 10.6 Å². The van der Waals surface area contributed by atoms with Crippen LogP contribution in [0, 0.1) is 0 Å². The van der Waals surface area contributed by atoms with E-state index in [4.69, 9.17) is 15.5 Å². The molecule has 0 aliphatic heterocycles. The molecule has 2 aromatic heterocycles. The number of benzene rings is 1. The smallest absolute Gasteiger partial charge is 0.407 e. The summed E-state index contributed by atoms with van der Waals surface area (Å²) in [5.41, 5.74) is 8.41. The van der Waals surface area contributed by atoms with Crippen molar-refractivity contribution in [1.29, 1.82) is 0 Å². The molecule has 3 rings (SSSR count). The number of amides is 1. The predicted octanol–water partition coefficient (Wildman–Crippen LogP) is 5.19. The van der Waals surface area contributed by atoms with E-state index < -0.39 is 5.60 Å². The molecule has 30 heavy (non-hydrogen) atoms. The highest BCUT2D eigenvalue weighted by atomic mass is 79.9. The van der Waals surface area contributed by atoms with Crippen LogP contribution in [0.25, 0.3) is 21.9 Å². The molecule has 1 aromatic carbocycles. The first-order valence-corrected chi connectivity index (χ1v) is 11.2. The summed E-state index contributed by atoms with van der Waals surface area (Å²) in [5, 5.41) is 3.87. The fourth-order valence-electron chi connectivity index (χ4n) is 3.49. The number of hydrogen-bond donors (Lipinski definition) is 2. The molecule has 8 heteroatoms. The molecule has 0 atom stereocenters. The number of aromatic nitrogens is 3. The van der Waals surface area contributed by atoms with E-state index in [-0.39, 0.29) is 6.09 Å². The molecule has 162 valence electrons. The van der Waals surface area contributed by atoms with Crippen molar-refractivity contribution >= 4 is 49.8 Å².